The molecule has 0 radical (unpaired) electrons. The molecule has 0 N–H and O–H groups in total. The summed E-state index contributed by atoms with van der Waals surface area (Å²) >= 11 is 0. The fourth-order valence-electron chi connectivity index (χ4n) is 4.53. The van der Waals surface area contributed by atoms with Gasteiger partial charge in [-0.1, -0.05) is 18.6 Å². The lowest BCUT2D eigenvalue weighted by Crippen LogP contribution is -2.34. The molecule has 3 rings (SSSR count). The van der Waals surface area contributed by atoms with Crippen LogP contribution in [0, 0.1) is 17.8 Å². The Kier molecular flexibility index (Phi) is 4.02. The van der Waals surface area contributed by atoms with E-state index in [1.807, 2.05) is 0 Å². The molecule has 0 amide bonds. The maximum atomic E-state index is 5.42. The van der Waals surface area contributed by atoms with Crippen LogP contribution in [0.2, 0.25) is 0 Å². The van der Waals surface area contributed by atoms with Crippen LogP contribution in [0.25, 0.3) is 0 Å². The van der Waals surface area contributed by atoms with Gasteiger partial charge in [-0.3, -0.25) is 0 Å². The highest BCUT2D eigenvalue weighted by molar-refractivity contribution is 5.32. The van der Waals surface area contributed by atoms with Gasteiger partial charge in [0.2, 0.25) is 0 Å². The molecule has 2 fully saturated rings. The summed E-state index contributed by atoms with van der Waals surface area (Å²) < 4.78 is 5.42. The summed E-state index contributed by atoms with van der Waals surface area (Å²) in [6, 6.07) is 8.78. The van der Waals surface area contributed by atoms with Crippen molar-refractivity contribution in [3.8, 4) is 5.75 Å². The molecule has 110 valence electrons. The van der Waals surface area contributed by atoms with Crippen LogP contribution in [0.3, 0.4) is 0 Å². The first-order chi connectivity index (χ1) is 9.67. The third-order valence-electron chi connectivity index (χ3n) is 5.39. The van der Waals surface area contributed by atoms with Crippen LogP contribution in [-0.4, -0.2) is 32.6 Å². The maximum Gasteiger partial charge on any atom is 0.119 e. The second-order valence-electron chi connectivity index (χ2n) is 6.98. The fraction of sp³-hybridized carbons (Fsp3) is 0.667. The number of ether oxygens (including phenoxy) is 1. The van der Waals surface area contributed by atoms with Crippen molar-refractivity contribution in [2.45, 2.75) is 31.6 Å². The average molecular weight is 273 g/mol. The number of rotatable bonds is 4. The lowest BCUT2D eigenvalue weighted by Gasteiger charge is -2.38. The Morgan fingerprint density at radius 3 is 2.80 bits per heavy atom. The van der Waals surface area contributed by atoms with Crippen molar-refractivity contribution in [3.63, 3.8) is 0 Å². The largest absolute Gasteiger partial charge is 0.497 e. The first-order valence-electron chi connectivity index (χ1n) is 7.96. The highest BCUT2D eigenvalue weighted by Crippen LogP contribution is 2.52. The molecule has 1 aromatic carbocycles. The van der Waals surface area contributed by atoms with Gasteiger partial charge in [0, 0.05) is 6.54 Å². The quantitative estimate of drug-likeness (QED) is 0.828. The summed E-state index contributed by atoms with van der Waals surface area (Å²) in [7, 11) is 6.19. The molecule has 0 unspecified atom stereocenters. The lowest BCUT2D eigenvalue weighted by atomic mass is 9.69. The van der Waals surface area contributed by atoms with Gasteiger partial charge in [-0.2, -0.15) is 0 Å². The predicted molar refractivity (Wildman–Crippen MR) is 83.2 cm³/mol. The van der Waals surface area contributed by atoms with E-state index in [4.69, 9.17) is 4.74 Å². The van der Waals surface area contributed by atoms with Crippen LogP contribution >= 0.6 is 0 Å². The lowest BCUT2D eigenvalue weighted by molar-refractivity contribution is 0.165. The number of hydrogen-bond donors (Lipinski definition) is 0. The summed E-state index contributed by atoms with van der Waals surface area (Å²) in [6.45, 7) is 1.22. The van der Waals surface area contributed by atoms with Crippen molar-refractivity contribution in [2.24, 2.45) is 17.8 Å². The van der Waals surface area contributed by atoms with Gasteiger partial charge < -0.3 is 9.64 Å². The van der Waals surface area contributed by atoms with Gasteiger partial charge in [-0.25, -0.2) is 0 Å². The summed E-state index contributed by atoms with van der Waals surface area (Å²) in [4.78, 5) is 2.37. The molecule has 1 aromatic rings. The van der Waals surface area contributed by atoms with E-state index < -0.39 is 0 Å². The number of nitrogens with zero attached hydrogens (tertiary/aromatic N) is 1. The summed E-state index contributed by atoms with van der Waals surface area (Å²) in [5, 5.41) is 0. The average Bonchev–Trinajstić information content (AvgIpc) is 2.84. The van der Waals surface area contributed by atoms with Crippen molar-refractivity contribution in [2.75, 3.05) is 27.7 Å². The SMILES string of the molecule is COc1cccc([C@@H]2C[C@H]3CC[C@H](C3)[C@@H]2CN(C)C)c1. The second-order valence-corrected chi connectivity index (χ2v) is 6.98. The van der Waals surface area contributed by atoms with Gasteiger partial charge in [0.15, 0.2) is 0 Å². The number of methoxy groups -OCH3 is 1. The highest BCUT2D eigenvalue weighted by atomic mass is 16.5. The van der Waals surface area contributed by atoms with E-state index in [1.54, 1.807) is 7.11 Å². The summed E-state index contributed by atoms with van der Waals surface area (Å²) in [5.74, 6) is 4.44. The summed E-state index contributed by atoms with van der Waals surface area (Å²) in [6.07, 6.45) is 5.75. The van der Waals surface area contributed by atoms with E-state index in [-0.39, 0.29) is 0 Å². The number of hydrogen-bond acceptors (Lipinski definition) is 2. The monoisotopic (exact) mass is 273 g/mol. The molecular formula is C18H27NO. The van der Waals surface area contributed by atoms with Crippen LogP contribution in [-0.2, 0) is 0 Å². The van der Waals surface area contributed by atoms with E-state index in [2.05, 4.69) is 43.3 Å². The van der Waals surface area contributed by atoms with Crippen molar-refractivity contribution < 1.29 is 4.74 Å². The molecule has 0 aromatic heterocycles. The molecule has 2 nitrogen and oxygen atoms in total. The zero-order valence-corrected chi connectivity index (χ0v) is 13.0. The first-order valence-corrected chi connectivity index (χ1v) is 7.96. The minimum absolute atomic E-state index is 0.721. The van der Waals surface area contributed by atoms with Gasteiger partial charge in [0.05, 0.1) is 7.11 Å². The van der Waals surface area contributed by atoms with Gasteiger partial charge in [-0.15, -0.1) is 0 Å². The number of benzene rings is 1. The molecule has 0 aliphatic heterocycles. The molecule has 2 heteroatoms. The van der Waals surface area contributed by atoms with Gasteiger partial charge in [0.1, 0.15) is 5.75 Å². The highest BCUT2D eigenvalue weighted by Gasteiger charge is 2.42. The Morgan fingerprint density at radius 1 is 1.20 bits per heavy atom. The van der Waals surface area contributed by atoms with Crippen molar-refractivity contribution in [3.05, 3.63) is 29.8 Å². The van der Waals surface area contributed by atoms with E-state index in [9.17, 15) is 0 Å². The topological polar surface area (TPSA) is 12.5 Å². The molecule has 2 aliphatic carbocycles. The van der Waals surface area contributed by atoms with E-state index in [0.717, 1.165) is 29.4 Å². The minimum Gasteiger partial charge on any atom is -0.497 e. The molecule has 20 heavy (non-hydrogen) atoms. The smallest absolute Gasteiger partial charge is 0.119 e. The van der Waals surface area contributed by atoms with Crippen LogP contribution in [0.5, 0.6) is 5.75 Å². The zero-order chi connectivity index (χ0) is 14.1. The predicted octanol–water partition coefficient (Wildman–Crippen LogP) is 3.78. The van der Waals surface area contributed by atoms with E-state index >= 15 is 0 Å². The Balaban J connectivity index is 1.87. The standard InChI is InChI=1S/C18H27NO/c1-19(2)12-18-15-8-7-13(9-15)10-17(18)14-5-4-6-16(11-14)20-3/h4-6,11,13,15,17-18H,7-10,12H2,1-3H3/t13-,15+,17-,18-/m0/s1. The third kappa shape index (κ3) is 2.71. The van der Waals surface area contributed by atoms with E-state index in [1.165, 1.54) is 37.8 Å². The van der Waals surface area contributed by atoms with Crippen LogP contribution in [0.15, 0.2) is 24.3 Å². The van der Waals surface area contributed by atoms with Crippen LogP contribution in [0.4, 0.5) is 0 Å². The molecule has 0 spiro atoms. The second kappa shape index (κ2) is 5.77. The molecular weight excluding hydrogens is 246 g/mol. The van der Waals surface area contributed by atoms with Crippen molar-refractivity contribution >= 4 is 0 Å². The molecule has 0 heterocycles. The molecule has 4 atom stereocenters. The third-order valence-corrected chi connectivity index (χ3v) is 5.39. The summed E-state index contributed by atoms with van der Waals surface area (Å²) in [5.41, 5.74) is 1.49. The maximum absolute atomic E-state index is 5.42. The first kappa shape index (κ1) is 13.9. The van der Waals surface area contributed by atoms with E-state index in [0.29, 0.717) is 0 Å². The van der Waals surface area contributed by atoms with Gasteiger partial charge >= 0.3 is 0 Å². The molecule has 2 aliphatic rings. The van der Waals surface area contributed by atoms with Crippen molar-refractivity contribution in [1.29, 1.82) is 0 Å². The zero-order valence-electron chi connectivity index (χ0n) is 13.0. The molecule has 2 bridgehead atoms. The van der Waals surface area contributed by atoms with Crippen LogP contribution < -0.4 is 4.74 Å². The molecule has 2 saturated carbocycles. The Labute approximate surface area is 123 Å². The van der Waals surface area contributed by atoms with Gasteiger partial charge in [0.25, 0.3) is 0 Å². The molecule has 0 saturated heterocycles. The van der Waals surface area contributed by atoms with Gasteiger partial charge in [-0.05, 0) is 74.7 Å². The van der Waals surface area contributed by atoms with Crippen LogP contribution in [0.1, 0.15) is 37.2 Å². The number of fused-ring (bicyclic) bond motifs is 2. The Hall–Kier alpha value is -1.02. The van der Waals surface area contributed by atoms with Crippen molar-refractivity contribution in [1.82, 2.24) is 4.90 Å². The minimum atomic E-state index is 0.721. The normalized spacial score (nSPS) is 32.6. The Morgan fingerprint density at radius 2 is 2.05 bits per heavy atom. The fourth-order valence-corrected chi connectivity index (χ4v) is 4.53. The Bertz CT molecular complexity index is 456.